The second-order valence-corrected chi connectivity index (χ2v) is 4.10. The third-order valence-electron chi connectivity index (χ3n) is 2.76. The molecule has 0 fully saturated rings. The number of halogens is 1. The molecule has 0 bridgehead atoms. The van der Waals surface area contributed by atoms with Gasteiger partial charge >= 0.3 is 0 Å². The first-order valence-corrected chi connectivity index (χ1v) is 5.97. The van der Waals surface area contributed by atoms with Crippen molar-refractivity contribution >= 4 is 0 Å². The molecule has 4 nitrogen and oxygen atoms in total. The lowest BCUT2D eigenvalue weighted by molar-refractivity contribution is 0.351. The Kier molecular flexibility index (Phi) is 4.04. The first-order valence-electron chi connectivity index (χ1n) is 5.97. The molecule has 1 atom stereocenters. The standard InChI is InChI=1S/C13H16FN3O/c1-3-12(10-6-4-5-7-11(10)14)15-8-13-16-9(2)17-18-13/h4-7,12,15H,3,8H2,1-2H3. The van der Waals surface area contributed by atoms with Crippen LogP contribution in [0.1, 0.15) is 36.7 Å². The number of aryl methyl sites for hydroxylation is 1. The predicted molar refractivity (Wildman–Crippen MR) is 65.3 cm³/mol. The highest BCUT2D eigenvalue weighted by Crippen LogP contribution is 2.20. The Labute approximate surface area is 105 Å². The first-order chi connectivity index (χ1) is 8.70. The molecular formula is C13H16FN3O. The van der Waals surface area contributed by atoms with Gasteiger partial charge in [0.25, 0.3) is 0 Å². The average Bonchev–Trinajstić information content (AvgIpc) is 2.78. The second kappa shape index (κ2) is 5.73. The van der Waals surface area contributed by atoms with Crippen LogP contribution in [-0.4, -0.2) is 10.1 Å². The highest BCUT2D eigenvalue weighted by Gasteiger charge is 2.14. The van der Waals surface area contributed by atoms with Crippen LogP contribution in [0.4, 0.5) is 4.39 Å². The van der Waals surface area contributed by atoms with Crippen LogP contribution in [0.15, 0.2) is 28.8 Å². The van der Waals surface area contributed by atoms with Crippen LogP contribution in [-0.2, 0) is 6.54 Å². The normalized spacial score (nSPS) is 12.6. The molecule has 1 heterocycles. The highest BCUT2D eigenvalue weighted by molar-refractivity contribution is 5.21. The number of rotatable bonds is 5. The van der Waals surface area contributed by atoms with Gasteiger partial charge in [-0.1, -0.05) is 30.3 Å². The molecule has 1 aromatic heterocycles. The Morgan fingerprint density at radius 2 is 2.17 bits per heavy atom. The maximum absolute atomic E-state index is 13.7. The summed E-state index contributed by atoms with van der Waals surface area (Å²) < 4.78 is 18.7. The summed E-state index contributed by atoms with van der Waals surface area (Å²) in [7, 11) is 0. The lowest BCUT2D eigenvalue weighted by atomic mass is 10.0. The van der Waals surface area contributed by atoms with Crippen molar-refractivity contribution in [2.75, 3.05) is 0 Å². The van der Waals surface area contributed by atoms with Crippen molar-refractivity contribution in [2.24, 2.45) is 0 Å². The van der Waals surface area contributed by atoms with Crippen LogP contribution in [0.2, 0.25) is 0 Å². The fourth-order valence-corrected chi connectivity index (χ4v) is 1.85. The number of aromatic nitrogens is 2. The van der Waals surface area contributed by atoms with Crippen LogP contribution in [0.3, 0.4) is 0 Å². The predicted octanol–water partition coefficient (Wildman–Crippen LogP) is 2.76. The summed E-state index contributed by atoms with van der Waals surface area (Å²) in [6.07, 6.45) is 0.786. The van der Waals surface area contributed by atoms with Crippen molar-refractivity contribution in [1.82, 2.24) is 15.5 Å². The van der Waals surface area contributed by atoms with Gasteiger partial charge in [-0.25, -0.2) is 4.39 Å². The summed E-state index contributed by atoms with van der Waals surface area (Å²) in [5.41, 5.74) is 0.663. The molecule has 18 heavy (non-hydrogen) atoms. The van der Waals surface area contributed by atoms with E-state index < -0.39 is 0 Å². The third-order valence-corrected chi connectivity index (χ3v) is 2.76. The minimum atomic E-state index is -0.196. The molecule has 0 saturated carbocycles. The van der Waals surface area contributed by atoms with Crippen LogP contribution in [0.5, 0.6) is 0 Å². The zero-order chi connectivity index (χ0) is 13.0. The van der Waals surface area contributed by atoms with E-state index in [0.29, 0.717) is 23.8 Å². The topological polar surface area (TPSA) is 51.0 Å². The first kappa shape index (κ1) is 12.7. The summed E-state index contributed by atoms with van der Waals surface area (Å²) in [5, 5.41) is 6.93. The Balaban J connectivity index is 2.04. The smallest absolute Gasteiger partial charge is 0.240 e. The number of nitrogens with zero attached hydrogens (tertiary/aromatic N) is 2. The summed E-state index contributed by atoms with van der Waals surface area (Å²) >= 11 is 0. The summed E-state index contributed by atoms with van der Waals surface area (Å²) in [6, 6.07) is 6.72. The van der Waals surface area contributed by atoms with E-state index in [1.54, 1.807) is 19.1 Å². The summed E-state index contributed by atoms with van der Waals surface area (Å²) in [5.74, 6) is 0.923. The van der Waals surface area contributed by atoms with Crippen LogP contribution < -0.4 is 5.32 Å². The van der Waals surface area contributed by atoms with E-state index in [0.717, 1.165) is 6.42 Å². The number of nitrogens with one attached hydrogen (secondary N) is 1. The molecule has 96 valence electrons. The lowest BCUT2D eigenvalue weighted by Gasteiger charge is -2.16. The Hall–Kier alpha value is -1.75. The van der Waals surface area contributed by atoms with Gasteiger partial charge in [-0.2, -0.15) is 4.98 Å². The fraction of sp³-hybridized carbons (Fsp3) is 0.385. The number of hydrogen-bond donors (Lipinski definition) is 1. The Morgan fingerprint density at radius 3 is 2.78 bits per heavy atom. The van der Waals surface area contributed by atoms with Gasteiger partial charge in [-0.05, 0) is 19.4 Å². The lowest BCUT2D eigenvalue weighted by Crippen LogP contribution is -2.21. The molecule has 0 amide bonds. The highest BCUT2D eigenvalue weighted by atomic mass is 19.1. The molecule has 1 aromatic carbocycles. The maximum Gasteiger partial charge on any atom is 0.240 e. The molecule has 0 spiro atoms. The van der Waals surface area contributed by atoms with Gasteiger partial charge in [0.1, 0.15) is 5.82 Å². The van der Waals surface area contributed by atoms with Crippen molar-refractivity contribution in [3.05, 3.63) is 47.4 Å². The average molecular weight is 249 g/mol. The van der Waals surface area contributed by atoms with Crippen molar-refractivity contribution in [3.63, 3.8) is 0 Å². The maximum atomic E-state index is 13.7. The third kappa shape index (κ3) is 2.92. The quantitative estimate of drug-likeness (QED) is 0.885. The monoisotopic (exact) mass is 249 g/mol. The van der Waals surface area contributed by atoms with Gasteiger partial charge in [-0.15, -0.1) is 0 Å². The van der Waals surface area contributed by atoms with E-state index in [-0.39, 0.29) is 11.9 Å². The van der Waals surface area contributed by atoms with Crippen molar-refractivity contribution in [2.45, 2.75) is 32.9 Å². The molecule has 2 rings (SSSR count). The van der Waals surface area contributed by atoms with E-state index in [4.69, 9.17) is 4.52 Å². The van der Waals surface area contributed by atoms with Gasteiger partial charge in [0.2, 0.25) is 5.89 Å². The zero-order valence-corrected chi connectivity index (χ0v) is 10.5. The van der Waals surface area contributed by atoms with Crippen molar-refractivity contribution < 1.29 is 8.91 Å². The minimum absolute atomic E-state index is 0.0570. The van der Waals surface area contributed by atoms with Crippen molar-refractivity contribution in [3.8, 4) is 0 Å². The Morgan fingerprint density at radius 1 is 1.39 bits per heavy atom. The molecule has 0 saturated heterocycles. The van der Waals surface area contributed by atoms with Gasteiger partial charge in [0.15, 0.2) is 5.82 Å². The zero-order valence-electron chi connectivity index (χ0n) is 10.5. The molecule has 0 radical (unpaired) electrons. The SMILES string of the molecule is CCC(NCc1nc(C)no1)c1ccccc1F. The molecule has 1 N–H and O–H groups in total. The second-order valence-electron chi connectivity index (χ2n) is 4.10. The van der Waals surface area contributed by atoms with Crippen LogP contribution in [0.25, 0.3) is 0 Å². The molecule has 2 aromatic rings. The molecule has 0 aliphatic carbocycles. The van der Waals surface area contributed by atoms with Gasteiger partial charge in [0.05, 0.1) is 6.54 Å². The number of hydrogen-bond acceptors (Lipinski definition) is 4. The summed E-state index contributed by atoms with van der Waals surface area (Å²) in [6.45, 7) is 4.21. The van der Waals surface area contributed by atoms with E-state index in [2.05, 4.69) is 15.5 Å². The van der Waals surface area contributed by atoms with E-state index >= 15 is 0 Å². The Bertz CT molecular complexity index is 512. The van der Waals surface area contributed by atoms with Gasteiger partial charge in [0, 0.05) is 11.6 Å². The molecule has 0 aliphatic heterocycles. The molecule has 0 aliphatic rings. The van der Waals surface area contributed by atoms with Gasteiger partial charge in [-0.3, -0.25) is 0 Å². The molecular weight excluding hydrogens is 233 g/mol. The van der Waals surface area contributed by atoms with E-state index in [1.165, 1.54) is 6.07 Å². The largest absolute Gasteiger partial charge is 0.338 e. The fourth-order valence-electron chi connectivity index (χ4n) is 1.85. The van der Waals surface area contributed by atoms with E-state index in [9.17, 15) is 4.39 Å². The molecule has 5 heteroatoms. The van der Waals surface area contributed by atoms with Gasteiger partial charge < -0.3 is 9.84 Å². The number of benzene rings is 1. The summed E-state index contributed by atoms with van der Waals surface area (Å²) in [4.78, 5) is 4.10. The minimum Gasteiger partial charge on any atom is -0.338 e. The molecule has 1 unspecified atom stereocenters. The van der Waals surface area contributed by atoms with Crippen molar-refractivity contribution in [1.29, 1.82) is 0 Å². The van der Waals surface area contributed by atoms with Crippen LogP contribution in [0, 0.1) is 12.7 Å². The van der Waals surface area contributed by atoms with Crippen LogP contribution >= 0.6 is 0 Å². The van der Waals surface area contributed by atoms with E-state index in [1.807, 2.05) is 13.0 Å².